The molecule has 0 bridgehead atoms. The van der Waals surface area contributed by atoms with Gasteiger partial charge < -0.3 is 15.2 Å². The fraction of sp³-hybridized carbons (Fsp3) is 0.412. The Kier molecular flexibility index (Phi) is 6.48. The van der Waals surface area contributed by atoms with Gasteiger partial charge in [-0.15, -0.1) is 0 Å². The topological polar surface area (TPSA) is 91.0 Å². The first-order valence-electron chi connectivity index (χ1n) is 8.06. The quantitative estimate of drug-likeness (QED) is 0.815. The van der Waals surface area contributed by atoms with E-state index in [1.54, 1.807) is 24.3 Å². The van der Waals surface area contributed by atoms with Crippen LogP contribution in [0.3, 0.4) is 0 Å². The molecular weight excluding hydrogens is 306 g/mol. The zero-order valence-corrected chi connectivity index (χ0v) is 14.0. The number of H-pyrrole nitrogens is 1. The molecule has 7 nitrogen and oxygen atoms in total. The van der Waals surface area contributed by atoms with Gasteiger partial charge in [-0.25, -0.2) is 9.78 Å². The van der Waals surface area contributed by atoms with E-state index >= 15 is 0 Å². The van der Waals surface area contributed by atoms with E-state index in [1.165, 1.54) is 12.4 Å². The highest BCUT2D eigenvalue weighted by Crippen LogP contribution is 2.24. The van der Waals surface area contributed by atoms with Gasteiger partial charge >= 0.3 is 6.03 Å². The van der Waals surface area contributed by atoms with Crippen molar-refractivity contribution in [2.45, 2.75) is 38.8 Å². The van der Waals surface area contributed by atoms with Crippen molar-refractivity contribution >= 4 is 6.03 Å². The van der Waals surface area contributed by atoms with Crippen LogP contribution in [0.2, 0.25) is 0 Å². The summed E-state index contributed by atoms with van der Waals surface area (Å²) in [7, 11) is 1.77. The molecule has 0 spiro atoms. The lowest BCUT2D eigenvalue weighted by molar-refractivity contribution is 0.185. The summed E-state index contributed by atoms with van der Waals surface area (Å²) >= 11 is 0. The van der Waals surface area contributed by atoms with E-state index in [2.05, 4.69) is 27.2 Å². The van der Waals surface area contributed by atoms with Gasteiger partial charge in [-0.2, -0.15) is 0 Å². The number of nitrogens with zero attached hydrogens (tertiary/aromatic N) is 3. The third kappa shape index (κ3) is 4.91. The van der Waals surface area contributed by atoms with Gasteiger partial charge in [-0.05, 0) is 18.1 Å². The summed E-state index contributed by atoms with van der Waals surface area (Å²) in [5.41, 5.74) is 1.30. The Labute approximate surface area is 141 Å². The minimum atomic E-state index is -0.237. The lowest BCUT2D eigenvalue weighted by atomic mass is 10.0. The molecule has 0 aliphatic heterocycles. The number of hydrogen-bond acceptors (Lipinski definition) is 4. The Bertz CT molecular complexity index is 701. The summed E-state index contributed by atoms with van der Waals surface area (Å²) in [5, 5.41) is 2.80. The number of urea groups is 1. The molecule has 24 heavy (non-hydrogen) atoms. The maximum Gasteiger partial charge on any atom is 0.317 e. The molecule has 0 radical (unpaired) electrons. The first kappa shape index (κ1) is 17.7. The molecule has 2 aromatic rings. The van der Waals surface area contributed by atoms with Crippen LogP contribution in [0, 0.1) is 0 Å². The van der Waals surface area contributed by atoms with Gasteiger partial charge in [0, 0.05) is 25.5 Å². The highest BCUT2D eigenvalue weighted by atomic mass is 16.2. The normalized spacial score (nSPS) is 11.8. The Morgan fingerprint density at radius 2 is 2.29 bits per heavy atom. The lowest BCUT2D eigenvalue weighted by Crippen LogP contribution is -2.39. The summed E-state index contributed by atoms with van der Waals surface area (Å²) in [6.07, 6.45) is 7.79. The minimum Gasteiger partial charge on any atom is -0.332 e. The van der Waals surface area contributed by atoms with Crippen LogP contribution in [0.25, 0.3) is 0 Å². The molecule has 0 aromatic carbocycles. The molecule has 2 amide bonds. The molecule has 0 fully saturated rings. The summed E-state index contributed by atoms with van der Waals surface area (Å²) in [6.45, 7) is 2.33. The Morgan fingerprint density at radius 1 is 1.46 bits per heavy atom. The predicted octanol–water partition coefficient (Wildman–Crippen LogP) is 2.24. The van der Waals surface area contributed by atoms with Crippen LogP contribution in [0.4, 0.5) is 4.79 Å². The number of rotatable bonds is 7. The van der Waals surface area contributed by atoms with Gasteiger partial charge in [0.1, 0.15) is 0 Å². The van der Waals surface area contributed by atoms with Crippen molar-refractivity contribution in [1.82, 2.24) is 25.2 Å². The zero-order valence-electron chi connectivity index (χ0n) is 14.0. The molecule has 0 saturated carbocycles. The molecule has 2 aromatic heterocycles. The first-order valence-corrected chi connectivity index (χ1v) is 8.06. The SMILES string of the molecule is CCCC[C@@H](c1cccnc1)N(C)C(=O)NCc1cc(=O)[nH]cn1. The van der Waals surface area contributed by atoms with Crippen LogP contribution in [0.5, 0.6) is 0 Å². The Morgan fingerprint density at radius 3 is 2.96 bits per heavy atom. The number of carbonyl (C=O) groups excluding carboxylic acids is 1. The average Bonchev–Trinajstić information content (AvgIpc) is 2.61. The molecule has 1 atom stereocenters. The van der Waals surface area contributed by atoms with Crippen LogP contribution in [-0.2, 0) is 6.54 Å². The van der Waals surface area contributed by atoms with Gasteiger partial charge in [0.25, 0.3) is 5.56 Å². The minimum absolute atomic E-state index is 0.0363. The average molecular weight is 329 g/mol. The second-order valence-electron chi connectivity index (χ2n) is 5.62. The summed E-state index contributed by atoms with van der Waals surface area (Å²) in [4.78, 5) is 36.0. The Balaban J connectivity index is 2.03. The number of carbonyl (C=O) groups is 1. The lowest BCUT2D eigenvalue weighted by Gasteiger charge is -2.28. The molecule has 0 saturated heterocycles. The highest BCUT2D eigenvalue weighted by Gasteiger charge is 2.21. The van der Waals surface area contributed by atoms with Gasteiger partial charge in [0.15, 0.2) is 0 Å². The molecule has 2 heterocycles. The van der Waals surface area contributed by atoms with Crippen LogP contribution >= 0.6 is 0 Å². The summed E-state index contributed by atoms with van der Waals surface area (Å²) in [6, 6.07) is 4.98. The van der Waals surface area contributed by atoms with Gasteiger partial charge in [-0.3, -0.25) is 9.78 Å². The van der Waals surface area contributed by atoms with E-state index in [-0.39, 0.29) is 24.2 Å². The van der Waals surface area contributed by atoms with Crippen LogP contribution in [0.1, 0.15) is 43.5 Å². The molecular formula is C17H23N5O2. The van der Waals surface area contributed by atoms with Crippen molar-refractivity contribution in [2.24, 2.45) is 0 Å². The van der Waals surface area contributed by atoms with Crippen molar-refractivity contribution in [3.8, 4) is 0 Å². The summed E-state index contributed by atoms with van der Waals surface area (Å²) < 4.78 is 0. The third-order valence-electron chi connectivity index (χ3n) is 3.84. The van der Waals surface area contributed by atoms with Crippen molar-refractivity contribution in [2.75, 3.05) is 7.05 Å². The largest absolute Gasteiger partial charge is 0.332 e. The predicted molar refractivity (Wildman–Crippen MR) is 91.4 cm³/mol. The second-order valence-corrected chi connectivity index (χ2v) is 5.62. The van der Waals surface area contributed by atoms with E-state index in [4.69, 9.17) is 0 Å². The second kappa shape index (κ2) is 8.81. The van der Waals surface area contributed by atoms with Crippen molar-refractivity contribution in [3.63, 3.8) is 0 Å². The molecule has 7 heteroatoms. The van der Waals surface area contributed by atoms with Crippen LogP contribution in [0.15, 0.2) is 41.7 Å². The van der Waals surface area contributed by atoms with E-state index in [9.17, 15) is 9.59 Å². The number of unbranched alkanes of at least 4 members (excludes halogenated alkanes) is 1. The third-order valence-corrected chi connectivity index (χ3v) is 3.84. The zero-order chi connectivity index (χ0) is 17.4. The number of amides is 2. The van der Waals surface area contributed by atoms with E-state index in [0.29, 0.717) is 5.69 Å². The van der Waals surface area contributed by atoms with Crippen molar-refractivity contribution in [3.05, 3.63) is 58.5 Å². The number of aromatic nitrogens is 3. The number of nitrogens with one attached hydrogen (secondary N) is 2. The molecule has 0 unspecified atom stereocenters. The monoisotopic (exact) mass is 329 g/mol. The number of aromatic amines is 1. The van der Waals surface area contributed by atoms with Crippen LogP contribution in [-0.4, -0.2) is 32.9 Å². The molecule has 0 aliphatic carbocycles. The van der Waals surface area contributed by atoms with Crippen molar-refractivity contribution < 1.29 is 4.79 Å². The number of pyridine rings is 1. The fourth-order valence-corrected chi connectivity index (χ4v) is 2.49. The molecule has 2 N–H and O–H groups in total. The van der Waals surface area contributed by atoms with Gasteiger partial charge in [-0.1, -0.05) is 25.8 Å². The smallest absolute Gasteiger partial charge is 0.317 e. The standard InChI is InChI=1S/C17H23N5O2/c1-3-4-7-15(13-6-5-8-18-10-13)22(2)17(24)19-11-14-9-16(23)21-12-20-14/h5-6,8-10,12,15H,3-4,7,11H2,1-2H3,(H,19,24)(H,20,21,23)/t15-/m0/s1. The summed E-state index contributed by atoms with van der Waals surface area (Å²) in [5.74, 6) is 0. The van der Waals surface area contributed by atoms with Crippen molar-refractivity contribution in [1.29, 1.82) is 0 Å². The Hall–Kier alpha value is -2.70. The molecule has 0 aliphatic rings. The molecule has 128 valence electrons. The van der Waals surface area contributed by atoms with E-state index in [1.807, 2.05) is 12.1 Å². The van der Waals surface area contributed by atoms with Gasteiger partial charge in [0.05, 0.1) is 24.6 Å². The first-order chi connectivity index (χ1) is 11.6. The van der Waals surface area contributed by atoms with E-state index < -0.39 is 0 Å². The van der Waals surface area contributed by atoms with Crippen LogP contribution < -0.4 is 10.9 Å². The fourth-order valence-electron chi connectivity index (χ4n) is 2.49. The maximum absolute atomic E-state index is 12.5. The molecule has 2 rings (SSSR count). The van der Waals surface area contributed by atoms with E-state index in [0.717, 1.165) is 24.8 Å². The number of hydrogen-bond donors (Lipinski definition) is 2. The highest BCUT2D eigenvalue weighted by molar-refractivity contribution is 5.74. The van der Waals surface area contributed by atoms with Gasteiger partial charge in [0.2, 0.25) is 0 Å². The maximum atomic E-state index is 12.5.